The van der Waals surface area contributed by atoms with Crippen molar-refractivity contribution in [3.05, 3.63) is 29.3 Å². The highest BCUT2D eigenvalue weighted by atomic mass is 16.3. The van der Waals surface area contributed by atoms with E-state index in [2.05, 4.69) is 5.32 Å². The quantitative estimate of drug-likeness (QED) is 0.804. The number of carbonyl (C=O) groups excluding carboxylic acids is 2. The van der Waals surface area contributed by atoms with Crippen LogP contribution in [0.1, 0.15) is 46.4 Å². The van der Waals surface area contributed by atoms with Crippen LogP contribution >= 0.6 is 0 Å². The molecule has 106 valence electrons. The van der Waals surface area contributed by atoms with Gasteiger partial charge in [0.1, 0.15) is 0 Å². The Morgan fingerprint density at radius 3 is 2.60 bits per heavy atom. The van der Waals surface area contributed by atoms with Crippen molar-refractivity contribution in [1.82, 2.24) is 4.90 Å². The number of amides is 2. The first-order valence-electron chi connectivity index (χ1n) is 6.99. The minimum absolute atomic E-state index is 0.0201. The minimum atomic E-state index is -0.350. The molecule has 1 fully saturated rings. The van der Waals surface area contributed by atoms with Crippen LogP contribution in [0.15, 0.2) is 18.2 Å². The van der Waals surface area contributed by atoms with Crippen molar-refractivity contribution < 1.29 is 14.7 Å². The Morgan fingerprint density at radius 1 is 1.15 bits per heavy atom. The van der Waals surface area contributed by atoms with E-state index in [1.54, 1.807) is 18.2 Å². The highest BCUT2D eigenvalue weighted by Crippen LogP contribution is 2.27. The highest BCUT2D eigenvalue weighted by Gasteiger charge is 2.33. The zero-order chi connectivity index (χ0) is 14.3. The maximum Gasteiger partial charge on any atom is 0.261 e. The molecule has 3 rings (SSSR count). The van der Waals surface area contributed by atoms with Crippen LogP contribution in [-0.2, 0) is 0 Å². The number of fused-ring (bicyclic) bond motifs is 1. The molecule has 1 saturated carbocycles. The topological polar surface area (TPSA) is 69.6 Å². The fourth-order valence-electron chi connectivity index (χ4n) is 2.94. The summed E-state index contributed by atoms with van der Waals surface area (Å²) in [6, 6.07) is 5.20. The molecule has 1 heterocycles. The molecule has 1 aromatic carbocycles. The Balaban J connectivity index is 1.83. The summed E-state index contributed by atoms with van der Waals surface area (Å²) < 4.78 is 0. The molecule has 20 heavy (non-hydrogen) atoms. The second kappa shape index (κ2) is 4.90. The van der Waals surface area contributed by atoms with Gasteiger partial charge in [-0.05, 0) is 31.0 Å². The Bertz CT molecular complexity index is 570. The second-order valence-corrected chi connectivity index (χ2v) is 5.53. The number of hydrogen-bond donors (Lipinski definition) is 2. The fraction of sp³-hybridized carbons (Fsp3) is 0.467. The van der Waals surface area contributed by atoms with Crippen LogP contribution in [0, 0.1) is 0 Å². The van der Waals surface area contributed by atoms with Crippen LogP contribution in [0.2, 0.25) is 0 Å². The Labute approximate surface area is 117 Å². The first-order valence-corrected chi connectivity index (χ1v) is 6.99. The summed E-state index contributed by atoms with van der Waals surface area (Å²) in [6.07, 6.45) is 3.53. The van der Waals surface area contributed by atoms with Gasteiger partial charge in [-0.2, -0.15) is 0 Å². The molecular formula is C15H18N2O3. The van der Waals surface area contributed by atoms with Gasteiger partial charge in [0.05, 0.1) is 23.3 Å². The molecule has 2 N–H and O–H groups in total. The van der Waals surface area contributed by atoms with Gasteiger partial charge < -0.3 is 10.4 Å². The van der Waals surface area contributed by atoms with Gasteiger partial charge in [-0.15, -0.1) is 0 Å². The average Bonchev–Trinajstić information content (AvgIpc) is 2.66. The summed E-state index contributed by atoms with van der Waals surface area (Å²) in [5, 5.41) is 13.2. The van der Waals surface area contributed by atoms with E-state index in [-0.39, 0.29) is 24.0 Å². The molecule has 1 aliphatic carbocycles. The van der Waals surface area contributed by atoms with Crippen molar-refractivity contribution in [2.24, 2.45) is 0 Å². The van der Waals surface area contributed by atoms with E-state index in [1.165, 1.54) is 7.05 Å². The van der Waals surface area contributed by atoms with E-state index in [9.17, 15) is 14.7 Å². The monoisotopic (exact) mass is 274 g/mol. The van der Waals surface area contributed by atoms with Gasteiger partial charge in [0, 0.05) is 12.7 Å². The number of nitrogens with zero attached hydrogens (tertiary/aromatic N) is 1. The lowest BCUT2D eigenvalue weighted by Crippen LogP contribution is -2.36. The number of hydrogen-bond acceptors (Lipinski definition) is 4. The number of imide groups is 1. The number of carbonyl (C=O) groups is 2. The van der Waals surface area contributed by atoms with Gasteiger partial charge >= 0.3 is 0 Å². The number of anilines is 1. The fourth-order valence-corrected chi connectivity index (χ4v) is 2.94. The molecule has 5 nitrogen and oxygen atoms in total. The van der Waals surface area contributed by atoms with Gasteiger partial charge in [-0.25, -0.2) is 0 Å². The summed E-state index contributed by atoms with van der Waals surface area (Å²) in [5.41, 5.74) is 1.67. The largest absolute Gasteiger partial charge is 0.391 e. The Morgan fingerprint density at radius 2 is 1.85 bits per heavy atom. The molecule has 0 radical (unpaired) electrons. The molecule has 5 heteroatoms. The molecular weight excluding hydrogens is 256 g/mol. The molecule has 0 saturated heterocycles. The van der Waals surface area contributed by atoms with Crippen molar-refractivity contribution in [2.75, 3.05) is 12.4 Å². The van der Waals surface area contributed by atoms with Crippen LogP contribution in [0.5, 0.6) is 0 Å². The zero-order valence-corrected chi connectivity index (χ0v) is 11.4. The minimum Gasteiger partial charge on any atom is -0.391 e. The molecule has 0 aromatic heterocycles. The van der Waals surface area contributed by atoms with Crippen molar-refractivity contribution >= 4 is 17.5 Å². The van der Waals surface area contributed by atoms with Crippen LogP contribution in [0.25, 0.3) is 0 Å². The molecule has 2 unspecified atom stereocenters. The molecule has 0 spiro atoms. The molecule has 1 aromatic rings. The van der Waals surface area contributed by atoms with E-state index in [1.807, 2.05) is 0 Å². The number of aliphatic hydroxyl groups is 1. The predicted molar refractivity (Wildman–Crippen MR) is 74.8 cm³/mol. The van der Waals surface area contributed by atoms with Crippen molar-refractivity contribution in [1.29, 1.82) is 0 Å². The van der Waals surface area contributed by atoms with Gasteiger partial charge in [0.15, 0.2) is 0 Å². The molecule has 2 atom stereocenters. The smallest absolute Gasteiger partial charge is 0.261 e. The summed E-state index contributed by atoms with van der Waals surface area (Å²) in [5.74, 6) is -0.521. The third-order valence-electron chi connectivity index (χ3n) is 4.17. The average molecular weight is 274 g/mol. The number of aliphatic hydroxyl groups excluding tert-OH is 1. The highest BCUT2D eigenvalue weighted by molar-refractivity contribution is 6.21. The number of rotatable bonds is 2. The molecule has 2 amide bonds. The summed E-state index contributed by atoms with van der Waals surface area (Å²) in [4.78, 5) is 24.9. The van der Waals surface area contributed by atoms with Crippen molar-refractivity contribution in [2.45, 2.75) is 37.8 Å². The molecule has 0 bridgehead atoms. The summed E-state index contributed by atoms with van der Waals surface area (Å²) >= 11 is 0. The Hall–Kier alpha value is -1.88. The SMILES string of the molecule is CN1C(=O)c2ccc(NC3CCCCC3O)cc2C1=O. The Kier molecular flexibility index (Phi) is 3.22. The summed E-state index contributed by atoms with van der Waals surface area (Å²) in [7, 11) is 1.49. The lowest BCUT2D eigenvalue weighted by molar-refractivity contribution is 0.0693. The first-order chi connectivity index (χ1) is 9.58. The van der Waals surface area contributed by atoms with E-state index in [0.717, 1.165) is 36.3 Å². The lowest BCUT2D eigenvalue weighted by Gasteiger charge is -2.29. The number of benzene rings is 1. The maximum atomic E-state index is 11.9. The first kappa shape index (κ1) is 13.1. The predicted octanol–water partition coefficient (Wildman–Crippen LogP) is 1.63. The standard InChI is InChI=1S/C15H18N2O3/c1-17-14(19)10-7-6-9(8-11(10)15(17)20)16-12-4-2-3-5-13(12)18/h6-8,12-13,16,18H,2-5H2,1H3. The zero-order valence-electron chi connectivity index (χ0n) is 11.4. The normalized spacial score (nSPS) is 25.8. The van der Waals surface area contributed by atoms with Crippen LogP contribution in [0.4, 0.5) is 5.69 Å². The van der Waals surface area contributed by atoms with Crippen LogP contribution in [0.3, 0.4) is 0 Å². The van der Waals surface area contributed by atoms with E-state index in [4.69, 9.17) is 0 Å². The van der Waals surface area contributed by atoms with Crippen molar-refractivity contribution in [3.63, 3.8) is 0 Å². The second-order valence-electron chi connectivity index (χ2n) is 5.53. The van der Waals surface area contributed by atoms with Crippen LogP contribution in [-0.4, -0.2) is 41.0 Å². The van der Waals surface area contributed by atoms with Crippen molar-refractivity contribution in [3.8, 4) is 0 Å². The third kappa shape index (κ3) is 2.08. The van der Waals surface area contributed by atoms with Gasteiger partial charge in [-0.1, -0.05) is 12.8 Å². The molecule has 2 aliphatic rings. The van der Waals surface area contributed by atoms with Gasteiger partial charge in [0.25, 0.3) is 11.8 Å². The lowest BCUT2D eigenvalue weighted by atomic mass is 9.92. The van der Waals surface area contributed by atoms with Gasteiger partial charge in [0.2, 0.25) is 0 Å². The number of nitrogens with one attached hydrogen (secondary N) is 1. The summed E-state index contributed by atoms with van der Waals surface area (Å²) in [6.45, 7) is 0. The van der Waals surface area contributed by atoms with E-state index in [0.29, 0.717) is 11.1 Å². The third-order valence-corrected chi connectivity index (χ3v) is 4.17. The van der Waals surface area contributed by atoms with E-state index >= 15 is 0 Å². The molecule has 1 aliphatic heterocycles. The van der Waals surface area contributed by atoms with E-state index < -0.39 is 0 Å². The maximum absolute atomic E-state index is 11.9. The van der Waals surface area contributed by atoms with Gasteiger partial charge in [-0.3, -0.25) is 14.5 Å². The van der Waals surface area contributed by atoms with Crippen LogP contribution < -0.4 is 5.32 Å².